The molecule has 0 saturated heterocycles. The van der Waals surface area contributed by atoms with Gasteiger partial charge in [-0.05, 0) is 6.92 Å². The molecule has 0 spiro atoms. The van der Waals surface area contributed by atoms with Crippen molar-refractivity contribution in [2.45, 2.75) is 25.8 Å². The first-order chi connectivity index (χ1) is 2.93. The Balaban J connectivity index is 1.88. The molecule has 0 aliphatic heterocycles. The van der Waals surface area contributed by atoms with Crippen LogP contribution in [-0.4, -0.2) is 12.6 Å². The lowest BCUT2D eigenvalue weighted by atomic mass is 10.6. The minimum absolute atomic E-state index is 1.02. The van der Waals surface area contributed by atoms with Crippen LogP contribution in [0.2, 0.25) is 0 Å². The van der Waals surface area contributed by atoms with E-state index in [0.29, 0.717) is 0 Å². The first-order valence-corrected chi connectivity index (χ1v) is 2.77. The van der Waals surface area contributed by atoms with Crippen molar-refractivity contribution in [2.24, 2.45) is 0 Å². The van der Waals surface area contributed by atoms with Crippen LogP contribution in [0.25, 0.3) is 0 Å². The normalized spacial score (nSPS) is 21.5. The molecule has 0 unspecified atom stereocenters. The van der Waals surface area contributed by atoms with Gasteiger partial charge in [0.25, 0.3) is 0 Å². The first kappa shape index (κ1) is 4.13. The van der Waals surface area contributed by atoms with Crippen molar-refractivity contribution in [3.8, 4) is 0 Å². The zero-order valence-corrected chi connectivity index (χ0v) is 4.28. The fourth-order valence-corrected chi connectivity index (χ4v) is 0.665. The van der Waals surface area contributed by atoms with Gasteiger partial charge in [0, 0.05) is 12.8 Å². The van der Waals surface area contributed by atoms with Crippen LogP contribution in [0.15, 0.2) is 0 Å². The summed E-state index contributed by atoms with van der Waals surface area (Å²) in [5.41, 5.74) is 0. The van der Waals surface area contributed by atoms with E-state index in [1.165, 1.54) is 19.4 Å². The molecule has 1 aliphatic carbocycles. The van der Waals surface area contributed by atoms with E-state index in [1.54, 1.807) is 0 Å². The summed E-state index contributed by atoms with van der Waals surface area (Å²) in [4.78, 5) is 0. The molecule has 0 heterocycles. The Morgan fingerprint density at radius 1 is 1.67 bits per heavy atom. The van der Waals surface area contributed by atoms with Crippen LogP contribution in [0, 0.1) is 0 Å². The molecule has 1 heteroatoms. The Hall–Kier alpha value is -0.0400. The van der Waals surface area contributed by atoms with Gasteiger partial charge in [0.1, 0.15) is 0 Å². The molecule has 0 aromatic rings. The molecule has 0 atom stereocenters. The Bertz CT molecular complexity index is 39.2. The lowest BCUT2D eigenvalue weighted by Crippen LogP contribution is -2.85. The van der Waals surface area contributed by atoms with Crippen molar-refractivity contribution in [1.82, 2.24) is 0 Å². The monoisotopic (exact) mass is 86.1 g/mol. The van der Waals surface area contributed by atoms with Crippen LogP contribution in [0.5, 0.6) is 0 Å². The topological polar surface area (TPSA) is 16.6 Å². The minimum Gasteiger partial charge on any atom is -0.344 e. The van der Waals surface area contributed by atoms with Gasteiger partial charge >= 0.3 is 0 Å². The SMILES string of the molecule is CC[NH2+]C1CC1. The van der Waals surface area contributed by atoms with Crippen molar-refractivity contribution in [1.29, 1.82) is 0 Å². The third-order valence-corrected chi connectivity index (χ3v) is 1.19. The van der Waals surface area contributed by atoms with E-state index in [9.17, 15) is 0 Å². The number of rotatable bonds is 2. The summed E-state index contributed by atoms with van der Waals surface area (Å²) >= 11 is 0. The van der Waals surface area contributed by atoms with Crippen LogP contribution in [-0.2, 0) is 0 Å². The van der Waals surface area contributed by atoms with Crippen LogP contribution >= 0.6 is 0 Å². The van der Waals surface area contributed by atoms with Crippen molar-refractivity contribution < 1.29 is 5.32 Å². The van der Waals surface area contributed by atoms with Gasteiger partial charge in [0.05, 0.1) is 12.6 Å². The highest BCUT2D eigenvalue weighted by molar-refractivity contribution is 4.68. The van der Waals surface area contributed by atoms with Gasteiger partial charge in [-0.1, -0.05) is 0 Å². The second-order valence-corrected chi connectivity index (χ2v) is 1.98. The Morgan fingerprint density at radius 2 is 2.33 bits per heavy atom. The van der Waals surface area contributed by atoms with Crippen LogP contribution in [0.4, 0.5) is 0 Å². The van der Waals surface area contributed by atoms with Crippen LogP contribution in [0.1, 0.15) is 19.8 Å². The molecule has 1 saturated carbocycles. The lowest BCUT2D eigenvalue weighted by molar-refractivity contribution is -0.665. The summed E-state index contributed by atoms with van der Waals surface area (Å²) in [5.74, 6) is 0. The van der Waals surface area contributed by atoms with Gasteiger partial charge in [-0.2, -0.15) is 0 Å². The lowest BCUT2D eigenvalue weighted by Gasteiger charge is -1.86. The van der Waals surface area contributed by atoms with Crippen molar-refractivity contribution in [3.05, 3.63) is 0 Å². The van der Waals surface area contributed by atoms with Crippen LogP contribution < -0.4 is 5.32 Å². The smallest absolute Gasteiger partial charge is 0.0863 e. The van der Waals surface area contributed by atoms with Gasteiger partial charge in [-0.25, -0.2) is 0 Å². The summed E-state index contributed by atoms with van der Waals surface area (Å²) < 4.78 is 0. The van der Waals surface area contributed by atoms with Crippen LogP contribution in [0.3, 0.4) is 0 Å². The van der Waals surface area contributed by atoms with E-state index in [2.05, 4.69) is 12.2 Å². The summed E-state index contributed by atoms with van der Waals surface area (Å²) in [6.45, 7) is 3.48. The number of hydrogen-bond donors (Lipinski definition) is 1. The second-order valence-electron chi connectivity index (χ2n) is 1.98. The Labute approximate surface area is 38.7 Å². The molecule has 0 aromatic heterocycles. The third kappa shape index (κ3) is 0.977. The van der Waals surface area contributed by atoms with E-state index >= 15 is 0 Å². The third-order valence-electron chi connectivity index (χ3n) is 1.19. The van der Waals surface area contributed by atoms with Crippen molar-refractivity contribution in [2.75, 3.05) is 6.54 Å². The van der Waals surface area contributed by atoms with E-state index in [4.69, 9.17) is 0 Å². The predicted octanol–water partition coefficient (Wildman–Crippen LogP) is -0.268. The van der Waals surface area contributed by atoms with E-state index < -0.39 is 0 Å². The zero-order chi connectivity index (χ0) is 4.41. The quantitative estimate of drug-likeness (QED) is 0.476. The number of quaternary nitrogens is 1. The average molecular weight is 86.2 g/mol. The molecule has 1 aliphatic rings. The summed E-state index contributed by atoms with van der Waals surface area (Å²) in [6, 6.07) is 1.02. The largest absolute Gasteiger partial charge is 0.344 e. The van der Waals surface area contributed by atoms with E-state index in [-0.39, 0.29) is 0 Å². The van der Waals surface area contributed by atoms with Crippen molar-refractivity contribution in [3.63, 3.8) is 0 Å². The molecule has 1 fully saturated rings. The highest BCUT2D eigenvalue weighted by Crippen LogP contribution is 2.12. The molecule has 1 nitrogen and oxygen atoms in total. The molecule has 0 bridgehead atoms. The first-order valence-electron chi connectivity index (χ1n) is 2.77. The van der Waals surface area contributed by atoms with E-state index in [0.717, 1.165) is 6.04 Å². The van der Waals surface area contributed by atoms with Crippen molar-refractivity contribution >= 4 is 0 Å². The molecule has 0 radical (unpaired) electrons. The number of nitrogens with two attached hydrogens (primary N) is 1. The van der Waals surface area contributed by atoms with Gasteiger partial charge in [0.2, 0.25) is 0 Å². The maximum absolute atomic E-state index is 2.40. The second kappa shape index (κ2) is 1.61. The van der Waals surface area contributed by atoms with Gasteiger partial charge < -0.3 is 5.32 Å². The molecule has 0 amide bonds. The van der Waals surface area contributed by atoms with Gasteiger partial charge in [-0.15, -0.1) is 0 Å². The van der Waals surface area contributed by atoms with Gasteiger partial charge in [-0.3, -0.25) is 0 Å². The Morgan fingerprint density at radius 3 is 2.50 bits per heavy atom. The predicted molar refractivity (Wildman–Crippen MR) is 25.5 cm³/mol. The molecule has 36 valence electrons. The highest BCUT2D eigenvalue weighted by Gasteiger charge is 2.23. The molecular formula is C5H12N+. The highest BCUT2D eigenvalue weighted by atomic mass is 14.9. The maximum Gasteiger partial charge on any atom is 0.0863 e. The average Bonchev–Trinajstić information content (AvgIpc) is 2.21. The maximum atomic E-state index is 2.40. The molecule has 2 N–H and O–H groups in total. The van der Waals surface area contributed by atoms with Gasteiger partial charge in [0.15, 0.2) is 0 Å². The molecular weight excluding hydrogens is 74.1 g/mol. The fraction of sp³-hybridized carbons (Fsp3) is 1.00. The Kier molecular flexibility index (Phi) is 1.10. The summed E-state index contributed by atoms with van der Waals surface area (Å²) in [7, 11) is 0. The molecule has 0 aromatic carbocycles. The van der Waals surface area contributed by atoms with E-state index in [1.807, 2.05) is 0 Å². The minimum atomic E-state index is 1.02. The molecule has 6 heavy (non-hydrogen) atoms. The fourth-order valence-electron chi connectivity index (χ4n) is 0.665. The zero-order valence-electron chi connectivity index (χ0n) is 4.28. The molecule has 1 rings (SSSR count). The summed E-state index contributed by atoms with van der Waals surface area (Å²) in [6.07, 6.45) is 2.93. The number of hydrogen-bond acceptors (Lipinski definition) is 0. The summed E-state index contributed by atoms with van der Waals surface area (Å²) in [5, 5.41) is 2.40. The standard InChI is InChI=1S/C5H11N/c1-2-6-5-3-4-5/h5-6H,2-4H2,1H3/p+1.